The third-order valence-corrected chi connectivity index (χ3v) is 6.33. The molecule has 1 saturated heterocycles. The van der Waals surface area contributed by atoms with Crippen LogP contribution in [0.15, 0.2) is 53.4 Å². The van der Waals surface area contributed by atoms with Crippen molar-refractivity contribution in [3.8, 4) is 11.5 Å². The van der Waals surface area contributed by atoms with Crippen molar-refractivity contribution >= 4 is 23.6 Å². The Labute approximate surface area is 191 Å². The number of methoxy groups -OCH3 is 2. The summed E-state index contributed by atoms with van der Waals surface area (Å²) >= 11 is 1.51. The Hall–Kier alpha value is -2.75. The van der Waals surface area contributed by atoms with E-state index in [1.54, 1.807) is 38.5 Å². The Morgan fingerprint density at radius 2 is 1.66 bits per heavy atom. The van der Waals surface area contributed by atoms with Gasteiger partial charge in [0.05, 0.1) is 20.3 Å². The molecule has 0 bridgehead atoms. The fourth-order valence-electron chi connectivity index (χ4n) is 3.26. The summed E-state index contributed by atoms with van der Waals surface area (Å²) in [6, 6.07) is 14.1. The SMILES string of the molecule is COc1ccc(SC2CC(O)[C@H](NC(=O)c3ccc(OC)cc3)O[C@@H]2COC(C)=O)cc1. The second kappa shape index (κ2) is 11.2. The highest BCUT2D eigenvalue weighted by molar-refractivity contribution is 8.00. The van der Waals surface area contributed by atoms with Gasteiger partial charge in [0.2, 0.25) is 0 Å². The van der Waals surface area contributed by atoms with Crippen LogP contribution in [0.1, 0.15) is 23.7 Å². The number of hydrogen-bond acceptors (Lipinski definition) is 8. The summed E-state index contributed by atoms with van der Waals surface area (Å²) in [4.78, 5) is 24.9. The molecule has 1 heterocycles. The van der Waals surface area contributed by atoms with Gasteiger partial charge in [0.15, 0.2) is 6.23 Å². The van der Waals surface area contributed by atoms with Crippen LogP contribution in [-0.2, 0) is 14.3 Å². The second-order valence-corrected chi connectivity index (χ2v) is 8.55. The molecule has 0 saturated carbocycles. The largest absolute Gasteiger partial charge is 0.497 e. The molecule has 2 aromatic carbocycles. The number of carbonyl (C=O) groups excluding carboxylic acids is 2. The van der Waals surface area contributed by atoms with Crippen molar-refractivity contribution < 1.29 is 33.6 Å². The van der Waals surface area contributed by atoms with Crippen molar-refractivity contribution in [2.45, 2.75) is 41.9 Å². The van der Waals surface area contributed by atoms with E-state index in [4.69, 9.17) is 18.9 Å². The maximum Gasteiger partial charge on any atom is 0.302 e. The number of thioether (sulfide) groups is 1. The fraction of sp³-hybridized carbons (Fsp3) is 0.391. The maximum atomic E-state index is 12.6. The molecule has 0 spiro atoms. The zero-order chi connectivity index (χ0) is 23.1. The minimum atomic E-state index is -0.933. The topological polar surface area (TPSA) is 103 Å². The molecule has 0 aromatic heterocycles. The van der Waals surface area contributed by atoms with E-state index in [2.05, 4.69) is 5.32 Å². The molecule has 8 nitrogen and oxygen atoms in total. The van der Waals surface area contributed by atoms with Gasteiger partial charge in [-0.15, -0.1) is 11.8 Å². The van der Waals surface area contributed by atoms with E-state index < -0.39 is 24.4 Å². The Kier molecular flexibility index (Phi) is 8.38. The van der Waals surface area contributed by atoms with E-state index in [-0.39, 0.29) is 17.8 Å². The van der Waals surface area contributed by atoms with Crippen LogP contribution < -0.4 is 14.8 Å². The standard InChI is InChI=1S/C23H27NO7S/c1-14(25)30-13-20-21(32-18-10-8-17(29-3)9-11-18)12-19(26)23(31-20)24-22(27)15-4-6-16(28-2)7-5-15/h4-11,19-21,23,26H,12-13H2,1-3H3,(H,24,27)/t19?,20-,21?,23-/m1/s1. The molecule has 2 unspecified atom stereocenters. The summed E-state index contributed by atoms with van der Waals surface area (Å²) in [5, 5.41) is 13.2. The summed E-state index contributed by atoms with van der Waals surface area (Å²) < 4.78 is 21.5. The summed E-state index contributed by atoms with van der Waals surface area (Å²) in [7, 11) is 3.15. The molecule has 1 aliphatic rings. The number of carbonyl (C=O) groups is 2. The molecule has 2 N–H and O–H groups in total. The van der Waals surface area contributed by atoms with Gasteiger partial charge in [-0.05, 0) is 55.0 Å². The predicted molar refractivity (Wildman–Crippen MR) is 119 cm³/mol. The van der Waals surface area contributed by atoms with Crippen LogP contribution in [0.2, 0.25) is 0 Å². The molecule has 9 heteroatoms. The van der Waals surface area contributed by atoms with Gasteiger partial charge >= 0.3 is 5.97 Å². The third-order valence-electron chi connectivity index (χ3n) is 4.98. The van der Waals surface area contributed by atoms with E-state index >= 15 is 0 Å². The molecule has 2 aromatic rings. The van der Waals surface area contributed by atoms with Crippen molar-refractivity contribution in [2.24, 2.45) is 0 Å². The first-order valence-electron chi connectivity index (χ1n) is 10.1. The Bertz CT molecular complexity index is 904. The van der Waals surface area contributed by atoms with Crippen molar-refractivity contribution in [3.63, 3.8) is 0 Å². The predicted octanol–water partition coefficient (Wildman–Crippen LogP) is 2.63. The lowest BCUT2D eigenvalue weighted by Gasteiger charge is -2.39. The first-order valence-corrected chi connectivity index (χ1v) is 11.0. The number of hydrogen-bond donors (Lipinski definition) is 2. The van der Waals surface area contributed by atoms with E-state index in [1.165, 1.54) is 18.7 Å². The Morgan fingerprint density at radius 3 is 2.22 bits per heavy atom. The molecule has 1 amide bonds. The lowest BCUT2D eigenvalue weighted by Crippen LogP contribution is -2.55. The molecule has 32 heavy (non-hydrogen) atoms. The molecule has 3 rings (SSSR count). The molecule has 0 aliphatic carbocycles. The second-order valence-electron chi connectivity index (χ2n) is 7.23. The highest BCUT2D eigenvalue weighted by Gasteiger charge is 2.39. The van der Waals surface area contributed by atoms with Crippen molar-refractivity contribution in [1.82, 2.24) is 5.32 Å². The zero-order valence-corrected chi connectivity index (χ0v) is 19.0. The summed E-state index contributed by atoms with van der Waals surface area (Å²) in [5.74, 6) is 0.568. The number of nitrogens with one attached hydrogen (secondary N) is 1. The summed E-state index contributed by atoms with van der Waals surface area (Å²) in [6.45, 7) is 1.34. The van der Waals surface area contributed by atoms with E-state index in [1.807, 2.05) is 24.3 Å². The first kappa shape index (κ1) is 23.9. The third kappa shape index (κ3) is 6.38. The molecular formula is C23H27NO7S. The van der Waals surface area contributed by atoms with Gasteiger partial charge < -0.3 is 29.4 Å². The Morgan fingerprint density at radius 1 is 1.06 bits per heavy atom. The zero-order valence-electron chi connectivity index (χ0n) is 18.1. The number of rotatable bonds is 8. The van der Waals surface area contributed by atoms with Gasteiger partial charge in [0.1, 0.15) is 24.2 Å². The van der Waals surface area contributed by atoms with Crippen LogP contribution >= 0.6 is 11.8 Å². The Balaban J connectivity index is 1.68. The van der Waals surface area contributed by atoms with E-state index in [9.17, 15) is 14.7 Å². The van der Waals surface area contributed by atoms with Gasteiger partial charge in [0, 0.05) is 22.6 Å². The molecule has 4 atom stereocenters. The summed E-state index contributed by atoms with van der Waals surface area (Å²) in [6.07, 6.45) is -2.04. The maximum absolute atomic E-state index is 12.6. The van der Waals surface area contributed by atoms with Crippen LogP contribution in [-0.4, -0.2) is 61.5 Å². The monoisotopic (exact) mass is 461 g/mol. The number of esters is 1. The van der Waals surface area contributed by atoms with E-state index in [0.29, 0.717) is 17.7 Å². The van der Waals surface area contributed by atoms with Gasteiger partial charge in [-0.2, -0.15) is 0 Å². The summed E-state index contributed by atoms with van der Waals surface area (Å²) in [5.41, 5.74) is 0.410. The van der Waals surface area contributed by atoms with Crippen molar-refractivity contribution in [2.75, 3.05) is 20.8 Å². The normalized spacial score (nSPS) is 22.6. The number of aliphatic hydroxyl groups excluding tert-OH is 1. The molecule has 0 radical (unpaired) electrons. The van der Waals surface area contributed by atoms with Crippen molar-refractivity contribution in [3.05, 3.63) is 54.1 Å². The van der Waals surface area contributed by atoms with Crippen LogP contribution in [0.4, 0.5) is 0 Å². The minimum Gasteiger partial charge on any atom is -0.497 e. The van der Waals surface area contributed by atoms with Crippen molar-refractivity contribution in [1.29, 1.82) is 0 Å². The van der Waals surface area contributed by atoms with Gasteiger partial charge in [-0.25, -0.2) is 0 Å². The van der Waals surface area contributed by atoms with E-state index in [0.717, 1.165) is 10.6 Å². The quantitative estimate of drug-likeness (QED) is 0.579. The fourth-order valence-corrected chi connectivity index (χ4v) is 4.50. The lowest BCUT2D eigenvalue weighted by atomic mass is 10.0. The van der Waals surface area contributed by atoms with Gasteiger partial charge in [0.25, 0.3) is 5.91 Å². The number of benzene rings is 2. The highest BCUT2D eigenvalue weighted by atomic mass is 32.2. The number of aliphatic hydroxyl groups is 1. The molecule has 1 fully saturated rings. The average Bonchev–Trinajstić information content (AvgIpc) is 2.80. The van der Waals surface area contributed by atoms with Crippen LogP contribution in [0.25, 0.3) is 0 Å². The van der Waals surface area contributed by atoms with Crippen LogP contribution in [0.3, 0.4) is 0 Å². The van der Waals surface area contributed by atoms with Crippen LogP contribution in [0, 0.1) is 0 Å². The smallest absolute Gasteiger partial charge is 0.302 e. The van der Waals surface area contributed by atoms with Gasteiger partial charge in [-0.1, -0.05) is 0 Å². The lowest BCUT2D eigenvalue weighted by molar-refractivity contribution is -0.160. The number of ether oxygens (including phenoxy) is 4. The minimum absolute atomic E-state index is 0.0186. The van der Waals surface area contributed by atoms with Crippen LogP contribution in [0.5, 0.6) is 11.5 Å². The molecular weight excluding hydrogens is 434 g/mol. The first-order chi connectivity index (χ1) is 15.4. The highest BCUT2D eigenvalue weighted by Crippen LogP contribution is 2.35. The van der Waals surface area contributed by atoms with Gasteiger partial charge in [-0.3, -0.25) is 9.59 Å². The molecule has 172 valence electrons. The average molecular weight is 462 g/mol. The number of amides is 1. The molecule has 1 aliphatic heterocycles.